The fraction of sp³-hybridized carbons (Fsp3) is 0.750. The van der Waals surface area contributed by atoms with Crippen LogP contribution in [0.25, 0.3) is 0 Å². The fourth-order valence-corrected chi connectivity index (χ4v) is 1.85. The maximum Gasteiger partial charge on any atom is 0.303 e. The van der Waals surface area contributed by atoms with Gasteiger partial charge in [0.25, 0.3) is 0 Å². The molecule has 114 valence electrons. The van der Waals surface area contributed by atoms with Crippen molar-refractivity contribution in [2.75, 3.05) is 6.61 Å². The summed E-state index contributed by atoms with van der Waals surface area (Å²) in [6.45, 7) is 3.46. The lowest BCUT2D eigenvalue weighted by molar-refractivity contribution is -0.262. The van der Waals surface area contributed by atoms with Gasteiger partial charge in [0.15, 0.2) is 12.4 Å². The molecule has 0 radical (unpaired) electrons. The lowest BCUT2D eigenvalue weighted by Gasteiger charge is -2.37. The number of rotatable bonds is 4. The summed E-state index contributed by atoms with van der Waals surface area (Å²) in [7, 11) is 0. The Morgan fingerprint density at radius 2 is 1.60 bits per heavy atom. The van der Waals surface area contributed by atoms with E-state index in [1.807, 2.05) is 0 Å². The lowest BCUT2D eigenvalue weighted by Crippen LogP contribution is -2.51. The second-order valence-electron chi connectivity index (χ2n) is 4.40. The third-order valence-electron chi connectivity index (χ3n) is 2.60. The van der Waals surface area contributed by atoms with Gasteiger partial charge in [0.2, 0.25) is 0 Å². The molecule has 0 aliphatic carbocycles. The summed E-state index contributed by atoms with van der Waals surface area (Å²) in [6.07, 6.45) is -3.84. The number of esters is 3. The highest BCUT2D eigenvalue weighted by Gasteiger charge is 2.41. The van der Waals surface area contributed by atoms with Crippen LogP contribution in [0.3, 0.4) is 0 Å². The minimum absolute atomic E-state index is 0.0618. The van der Waals surface area contributed by atoms with Crippen molar-refractivity contribution in [1.29, 1.82) is 0 Å². The monoisotopic (exact) mass is 290 g/mol. The molecule has 0 saturated carbocycles. The molecule has 1 N–H and O–H groups in total. The van der Waals surface area contributed by atoms with Crippen LogP contribution in [-0.4, -0.2) is 54.2 Å². The molecule has 0 aromatic carbocycles. The minimum atomic E-state index is -1.37. The normalized spacial score (nSPS) is 29.4. The predicted octanol–water partition coefficient (Wildman–Crippen LogP) is -0.480. The first-order chi connectivity index (χ1) is 9.29. The van der Waals surface area contributed by atoms with E-state index in [9.17, 15) is 19.5 Å². The molecule has 0 spiro atoms. The van der Waals surface area contributed by atoms with E-state index in [1.54, 1.807) is 0 Å². The van der Waals surface area contributed by atoms with Gasteiger partial charge in [-0.2, -0.15) is 0 Å². The highest BCUT2D eigenvalue weighted by Crippen LogP contribution is 2.24. The first-order valence-corrected chi connectivity index (χ1v) is 6.11. The SMILES string of the molecule is CC(=O)OC[C@H]1O[C@@H](O)[C@H](OC(C)=O)C[C@H]1OC(C)=O. The Labute approximate surface area is 115 Å². The summed E-state index contributed by atoms with van der Waals surface area (Å²) < 4.78 is 19.9. The Kier molecular flexibility index (Phi) is 5.90. The maximum absolute atomic E-state index is 11.1. The van der Waals surface area contributed by atoms with Crippen LogP contribution in [0.2, 0.25) is 0 Å². The number of aliphatic hydroxyl groups excluding tert-OH is 1. The van der Waals surface area contributed by atoms with Crippen LogP contribution < -0.4 is 0 Å². The number of carbonyl (C=O) groups excluding carboxylic acids is 3. The molecule has 1 fully saturated rings. The van der Waals surface area contributed by atoms with Crippen LogP contribution in [0.15, 0.2) is 0 Å². The number of hydrogen-bond acceptors (Lipinski definition) is 8. The Bertz CT molecular complexity index is 380. The second kappa shape index (κ2) is 7.20. The molecular formula is C12H18O8. The van der Waals surface area contributed by atoms with Crippen LogP contribution in [0.1, 0.15) is 27.2 Å². The first-order valence-electron chi connectivity index (χ1n) is 6.11. The first kappa shape index (κ1) is 16.4. The Balaban J connectivity index is 2.70. The molecule has 1 rings (SSSR count). The third-order valence-corrected chi connectivity index (χ3v) is 2.60. The number of aliphatic hydroxyl groups is 1. The minimum Gasteiger partial charge on any atom is -0.463 e. The van der Waals surface area contributed by atoms with Gasteiger partial charge in [-0.1, -0.05) is 0 Å². The van der Waals surface area contributed by atoms with E-state index in [1.165, 1.54) is 20.8 Å². The van der Waals surface area contributed by atoms with Gasteiger partial charge in [0.05, 0.1) is 0 Å². The summed E-state index contributed by atoms with van der Waals surface area (Å²) in [5.41, 5.74) is 0. The zero-order valence-corrected chi connectivity index (χ0v) is 11.5. The zero-order chi connectivity index (χ0) is 15.3. The smallest absolute Gasteiger partial charge is 0.303 e. The zero-order valence-electron chi connectivity index (χ0n) is 11.5. The van der Waals surface area contributed by atoms with Crippen molar-refractivity contribution in [2.24, 2.45) is 0 Å². The van der Waals surface area contributed by atoms with E-state index in [-0.39, 0.29) is 13.0 Å². The van der Waals surface area contributed by atoms with Crippen molar-refractivity contribution in [2.45, 2.75) is 51.8 Å². The predicted molar refractivity (Wildman–Crippen MR) is 63.2 cm³/mol. The van der Waals surface area contributed by atoms with Crippen molar-refractivity contribution in [3.05, 3.63) is 0 Å². The fourth-order valence-electron chi connectivity index (χ4n) is 1.85. The van der Waals surface area contributed by atoms with E-state index in [0.29, 0.717) is 0 Å². The molecule has 4 atom stereocenters. The van der Waals surface area contributed by atoms with E-state index in [4.69, 9.17) is 18.9 Å². The molecule has 8 nitrogen and oxygen atoms in total. The van der Waals surface area contributed by atoms with Crippen LogP contribution in [0.4, 0.5) is 0 Å². The second-order valence-corrected chi connectivity index (χ2v) is 4.40. The molecule has 0 bridgehead atoms. The molecule has 1 saturated heterocycles. The molecule has 8 heteroatoms. The van der Waals surface area contributed by atoms with Crippen LogP contribution in [0, 0.1) is 0 Å². The number of ether oxygens (including phenoxy) is 4. The molecular weight excluding hydrogens is 272 g/mol. The topological polar surface area (TPSA) is 108 Å². The Morgan fingerprint density at radius 3 is 2.10 bits per heavy atom. The Morgan fingerprint density at radius 1 is 1.05 bits per heavy atom. The molecule has 1 aliphatic heterocycles. The summed E-state index contributed by atoms with van der Waals surface area (Å²) in [6, 6.07) is 0. The van der Waals surface area contributed by atoms with E-state index in [2.05, 4.69) is 0 Å². The van der Waals surface area contributed by atoms with Gasteiger partial charge in [-0.05, 0) is 0 Å². The third kappa shape index (κ3) is 5.14. The lowest BCUT2D eigenvalue weighted by atomic mass is 10.0. The summed E-state index contributed by atoms with van der Waals surface area (Å²) in [5, 5.41) is 9.72. The number of hydrogen-bond donors (Lipinski definition) is 1. The van der Waals surface area contributed by atoms with Gasteiger partial charge >= 0.3 is 17.9 Å². The molecule has 0 aromatic heterocycles. The molecule has 0 aromatic rings. The van der Waals surface area contributed by atoms with Gasteiger partial charge in [-0.15, -0.1) is 0 Å². The highest BCUT2D eigenvalue weighted by molar-refractivity contribution is 5.67. The summed E-state index contributed by atoms with van der Waals surface area (Å²) in [5.74, 6) is -1.66. The molecule has 20 heavy (non-hydrogen) atoms. The van der Waals surface area contributed by atoms with Gasteiger partial charge in [0, 0.05) is 27.2 Å². The van der Waals surface area contributed by atoms with Crippen LogP contribution in [-0.2, 0) is 33.3 Å². The van der Waals surface area contributed by atoms with Crippen molar-refractivity contribution in [3.63, 3.8) is 0 Å². The van der Waals surface area contributed by atoms with Crippen molar-refractivity contribution >= 4 is 17.9 Å². The standard InChI is InChI=1S/C12H18O8/c1-6(13)17-5-11-9(18-7(2)14)4-10(12(16)20-11)19-8(3)15/h9-12,16H,4-5H2,1-3H3/t9-,10-,11-,12-/m1/s1. The molecule has 0 unspecified atom stereocenters. The number of carbonyl (C=O) groups is 3. The maximum atomic E-state index is 11.1. The van der Waals surface area contributed by atoms with Gasteiger partial charge < -0.3 is 24.1 Å². The molecule has 1 aliphatic rings. The highest BCUT2D eigenvalue weighted by atomic mass is 16.7. The van der Waals surface area contributed by atoms with Crippen LogP contribution >= 0.6 is 0 Å². The quantitative estimate of drug-likeness (QED) is 0.546. The summed E-state index contributed by atoms with van der Waals surface area (Å²) in [4.78, 5) is 32.8. The van der Waals surface area contributed by atoms with Gasteiger partial charge in [-0.25, -0.2) is 0 Å². The van der Waals surface area contributed by atoms with Crippen molar-refractivity contribution in [3.8, 4) is 0 Å². The Hall–Kier alpha value is -1.67. The van der Waals surface area contributed by atoms with E-state index >= 15 is 0 Å². The van der Waals surface area contributed by atoms with Crippen LogP contribution in [0.5, 0.6) is 0 Å². The van der Waals surface area contributed by atoms with E-state index < -0.39 is 42.5 Å². The van der Waals surface area contributed by atoms with Gasteiger partial charge in [-0.3, -0.25) is 14.4 Å². The van der Waals surface area contributed by atoms with E-state index in [0.717, 1.165) is 0 Å². The largest absolute Gasteiger partial charge is 0.463 e. The van der Waals surface area contributed by atoms with Gasteiger partial charge in [0.1, 0.15) is 18.8 Å². The molecule has 0 amide bonds. The average Bonchev–Trinajstić information content (AvgIpc) is 2.29. The summed E-state index contributed by atoms with van der Waals surface area (Å²) >= 11 is 0. The van der Waals surface area contributed by atoms with Crippen molar-refractivity contribution in [1.82, 2.24) is 0 Å². The van der Waals surface area contributed by atoms with Crippen molar-refractivity contribution < 1.29 is 38.4 Å². The average molecular weight is 290 g/mol. The molecule has 1 heterocycles.